The van der Waals surface area contributed by atoms with E-state index in [2.05, 4.69) is 42.3 Å². The third-order valence-electron chi connectivity index (χ3n) is 3.36. The van der Waals surface area contributed by atoms with Crippen molar-refractivity contribution in [2.24, 2.45) is 5.92 Å². The Bertz CT molecular complexity index is 517. The van der Waals surface area contributed by atoms with E-state index in [0.717, 1.165) is 18.0 Å². The van der Waals surface area contributed by atoms with Crippen LogP contribution in [0.1, 0.15) is 45.6 Å². The summed E-state index contributed by atoms with van der Waals surface area (Å²) in [6, 6.07) is 8.36. The fourth-order valence-electron chi connectivity index (χ4n) is 2.16. The van der Waals surface area contributed by atoms with Crippen LogP contribution >= 0.6 is 24.4 Å². The Balaban J connectivity index is 2.23. The third-order valence-corrected chi connectivity index (χ3v) is 3.79. The maximum absolute atomic E-state index is 5.26. The van der Waals surface area contributed by atoms with Crippen molar-refractivity contribution in [1.29, 1.82) is 0 Å². The number of aryl methyl sites for hydroxylation is 1. The standard InChI is InChI=1S/C17H28N4S2/c1-12(2)7-5-9-14(4)18-16(22)20-21-17(23)19-15-10-6-8-13(3)11-15/h6,8,10-12,14H,5,7,9H2,1-4H3,(H2,18,20,22)(H2,19,21,23)/t14-/m0/s1. The summed E-state index contributed by atoms with van der Waals surface area (Å²) in [5.74, 6) is 0.749. The predicted octanol–water partition coefficient (Wildman–Crippen LogP) is 3.88. The quantitative estimate of drug-likeness (QED) is 0.460. The molecule has 6 heteroatoms. The highest BCUT2D eigenvalue weighted by Gasteiger charge is 2.05. The lowest BCUT2D eigenvalue weighted by Crippen LogP contribution is -2.50. The summed E-state index contributed by atoms with van der Waals surface area (Å²) in [5, 5.41) is 7.39. The lowest BCUT2D eigenvalue weighted by molar-refractivity contribution is 0.492. The van der Waals surface area contributed by atoms with Gasteiger partial charge in [-0.2, -0.15) is 0 Å². The molecular weight excluding hydrogens is 324 g/mol. The van der Waals surface area contributed by atoms with Gasteiger partial charge in [0.1, 0.15) is 0 Å². The molecule has 1 aromatic carbocycles. The first-order chi connectivity index (χ1) is 10.9. The highest BCUT2D eigenvalue weighted by molar-refractivity contribution is 7.80. The van der Waals surface area contributed by atoms with Crippen LogP contribution in [0, 0.1) is 12.8 Å². The van der Waals surface area contributed by atoms with E-state index in [1.54, 1.807) is 0 Å². The molecule has 0 heterocycles. The number of hydrogen-bond acceptors (Lipinski definition) is 2. The zero-order chi connectivity index (χ0) is 17.2. The lowest BCUT2D eigenvalue weighted by atomic mass is 10.0. The minimum atomic E-state index is 0.342. The molecule has 0 spiro atoms. The molecule has 4 N–H and O–H groups in total. The number of benzene rings is 1. The normalized spacial score (nSPS) is 11.7. The van der Waals surface area contributed by atoms with Gasteiger partial charge in [-0.25, -0.2) is 0 Å². The van der Waals surface area contributed by atoms with Crippen LogP contribution in [0.2, 0.25) is 0 Å². The molecule has 0 aliphatic rings. The molecular formula is C17H28N4S2. The van der Waals surface area contributed by atoms with Crippen LogP contribution in [0.15, 0.2) is 24.3 Å². The maximum atomic E-state index is 5.26. The van der Waals surface area contributed by atoms with Gasteiger partial charge in [0.15, 0.2) is 10.2 Å². The van der Waals surface area contributed by atoms with Crippen LogP contribution in [-0.4, -0.2) is 16.3 Å². The van der Waals surface area contributed by atoms with Crippen LogP contribution in [0.3, 0.4) is 0 Å². The van der Waals surface area contributed by atoms with Crippen molar-refractivity contribution >= 4 is 40.3 Å². The molecule has 0 bridgehead atoms. The fourth-order valence-corrected chi connectivity index (χ4v) is 2.58. The van der Waals surface area contributed by atoms with E-state index in [4.69, 9.17) is 24.4 Å². The molecule has 0 unspecified atom stereocenters. The zero-order valence-electron chi connectivity index (χ0n) is 14.4. The second kappa shape index (κ2) is 10.4. The van der Waals surface area contributed by atoms with Crippen molar-refractivity contribution < 1.29 is 0 Å². The molecule has 128 valence electrons. The first kappa shape index (κ1) is 19.6. The van der Waals surface area contributed by atoms with Crippen LogP contribution in [0.5, 0.6) is 0 Å². The molecule has 0 aliphatic heterocycles. The molecule has 4 nitrogen and oxygen atoms in total. The van der Waals surface area contributed by atoms with Crippen LogP contribution in [0.4, 0.5) is 5.69 Å². The van der Waals surface area contributed by atoms with Crippen LogP contribution in [0.25, 0.3) is 0 Å². The van der Waals surface area contributed by atoms with E-state index in [-0.39, 0.29) is 0 Å². The summed E-state index contributed by atoms with van der Waals surface area (Å²) in [6.07, 6.45) is 3.55. The van der Waals surface area contributed by atoms with Gasteiger partial charge in [-0.15, -0.1) is 0 Å². The number of rotatable bonds is 6. The van der Waals surface area contributed by atoms with Gasteiger partial charge in [0.25, 0.3) is 0 Å². The highest BCUT2D eigenvalue weighted by atomic mass is 32.1. The van der Waals surface area contributed by atoms with Gasteiger partial charge in [-0.05, 0) is 68.3 Å². The van der Waals surface area contributed by atoms with E-state index in [9.17, 15) is 0 Å². The van der Waals surface area contributed by atoms with Gasteiger partial charge >= 0.3 is 0 Å². The minimum Gasteiger partial charge on any atom is -0.359 e. The molecule has 1 atom stereocenters. The van der Waals surface area contributed by atoms with Crippen molar-refractivity contribution in [3.8, 4) is 0 Å². The Morgan fingerprint density at radius 2 is 1.74 bits per heavy atom. The number of hydrazine groups is 1. The lowest BCUT2D eigenvalue weighted by Gasteiger charge is -2.18. The van der Waals surface area contributed by atoms with E-state index in [1.807, 2.05) is 31.2 Å². The third kappa shape index (κ3) is 9.36. The molecule has 0 fully saturated rings. The second-order valence-corrected chi connectivity index (χ2v) is 7.09. The van der Waals surface area contributed by atoms with Crippen molar-refractivity contribution in [3.63, 3.8) is 0 Å². The van der Waals surface area contributed by atoms with Gasteiger partial charge in [0.05, 0.1) is 0 Å². The van der Waals surface area contributed by atoms with E-state index in [1.165, 1.54) is 18.4 Å². The Morgan fingerprint density at radius 1 is 1.04 bits per heavy atom. The SMILES string of the molecule is Cc1cccc(NC(=S)NNC(=S)N[C@@H](C)CCCC(C)C)c1. The van der Waals surface area contributed by atoms with Gasteiger partial charge in [-0.1, -0.05) is 38.8 Å². The second-order valence-electron chi connectivity index (χ2n) is 6.27. The first-order valence-corrected chi connectivity index (χ1v) is 8.88. The van der Waals surface area contributed by atoms with E-state index >= 15 is 0 Å². The molecule has 23 heavy (non-hydrogen) atoms. The zero-order valence-corrected chi connectivity index (χ0v) is 16.0. The minimum absolute atomic E-state index is 0.342. The summed E-state index contributed by atoms with van der Waals surface area (Å²) in [6.45, 7) is 8.67. The van der Waals surface area contributed by atoms with Crippen molar-refractivity contribution in [2.75, 3.05) is 5.32 Å². The summed E-state index contributed by atoms with van der Waals surface area (Å²) >= 11 is 10.5. The fraction of sp³-hybridized carbons (Fsp3) is 0.529. The van der Waals surface area contributed by atoms with Gasteiger partial charge in [0.2, 0.25) is 0 Å². The molecule has 0 aliphatic carbocycles. The number of nitrogens with one attached hydrogen (secondary N) is 4. The molecule has 0 saturated heterocycles. The molecule has 0 saturated carbocycles. The number of thiocarbonyl (C=S) groups is 2. The van der Waals surface area contributed by atoms with E-state index in [0.29, 0.717) is 16.3 Å². The number of hydrogen-bond donors (Lipinski definition) is 4. The summed E-state index contributed by atoms with van der Waals surface area (Å²) in [7, 11) is 0. The number of anilines is 1. The molecule has 1 rings (SSSR count). The van der Waals surface area contributed by atoms with Crippen LogP contribution in [-0.2, 0) is 0 Å². The topological polar surface area (TPSA) is 48.1 Å². The Kier molecular flexibility index (Phi) is 8.87. The molecule has 0 amide bonds. The summed E-state index contributed by atoms with van der Waals surface area (Å²) < 4.78 is 0. The molecule has 0 radical (unpaired) electrons. The van der Waals surface area contributed by atoms with Crippen molar-refractivity contribution in [2.45, 2.75) is 53.0 Å². The largest absolute Gasteiger partial charge is 0.359 e. The van der Waals surface area contributed by atoms with Gasteiger partial charge in [-0.3, -0.25) is 10.9 Å². The van der Waals surface area contributed by atoms with E-state index < -0.39 is 0 Å². The average Bonchev–Trinajstić information content (AvgIpc) is 2.44. The monoisotopic (exact) mass is 352 g/mol. The Labute approximate surface area is 150 Å². The summed E-state index contributed by atoms with van der Waals surface area (Å²) in [4.78, 5) is 0. The molecule has 0 aromatic heterocycles. The first-order valence-electron chi connectivity index (χ1n) is 8.07. The van der Waals surface area contributed by atoms with Crippen molar-refractivity contribution in [1.82, 2.24) is 16.2 Å². The Hall–Kier alpha value is -1.40. The maximum Gasteiger partial charge on any atom is 0.189 e. The van der Waals surface area contributed by atoms with Crippen LogP contribution < -0.4 is 21.5 Å². The Morgan fingerprint density at radius 3 is 2.39 bits per heavy atom. The van der Waals surface area contributed by atoms with Gasteiger partial charge in [0, 0.05) is 11.7 Å². The smallest absolute Gasteiger partial charge is 0.189 e. The highest BCUT2D eigenvalue weighted by Crippen LogP contribution is 2.09. The van der Waals surface area contributed by atoms with Gasteiger partial charge < -0.3 is 10.6 Å². The average molecular weight is 353 g/mol. The van der Waals surface area contributed by atoms with Crippen molar-refractivity contribution in [3.05, 3.63) is 29.8 Å². The molecule has 1 aromatic rings. The summed E-state index contributed by atoms with van der Waals surface area (Å²) in [5.41, 5.74) is 7.94. The predicted molar refractivity (Wildman–Crippen MR) is 108 cm³/mol.